The number of halogens is 4. The van der Waals surface area contributed by atoms with Crippen molar-refractivity contribution >= 4 is 36.9 Å². The van der Waals surface area contributed by atoms with Gasteiger partial charge in [-0.3, -0.25) is 9.36 Å². The molecule has 44 heavy (non-hydrogen) atoms. The standard InChI is InChI=1S/2C16H15F2N3Si/c2*1-22(12-21-11-19-10-20-21,15-6-2-13(17)3-7-15)16-8-4-14(18)5-9-16/h2*2-11H,12H2,1H3. The van der Waals surface area contributed by atoms with Crippen LogP contribution in [0.5, 0.6) is 0 Å². The Morgan fingerprint density at radius 2 is 0.705 bits per heavy atom. The normalized spacial score (nSPS) is 11.6. The van der Waals surface area contributed by atoms with Crippen LogP contribution in [0.15, 0.2) is 122 Å². The van der Waals surface area contributed by atoms with Crippen molar-refractivity contribution in [1.82, 2.24) is 29.5 Å². The van der Waals surface area contributed by atoms with E-state index < -0.39 is 16.1 Å². The molecular formula is C32H30F4N6Si2. The van der Waals surface area contributed by atoms with Crippen LogP contribution in [0.1, 0.15) is 0 Å². The fourth-order valence-corrected chi connectivity index (χ4v) is 11.9. The summed E-state index contributed by atoms with van der Waals surface area (Å²) in [5.74, 6) is -1.06. The van der Waals surface area contributed by atoms with Gasteiger partial charge < -0.3 is 0 Å². The molecule has 0 radical (unpaired) electrons. The first-order valence-electron chi connectivity index (χ1n) is 13.8. The minimum absolute atomic E-state index is 0.264. The number of aromatic nitrogens is 6. The van der Waals surface area contributed by atoms with Gasteiger partial charge in [0.25, 0.3) is 0 Å². The van der Waals surface area contributed by atoms with Gasteiger partial charge in [-0.25, -0.2) is 27.5 Å². The van der Waals surface area contributed by atoms with Crippen LogP contribution in [0, 0.1) is 23.3 Å². The maximum absolute atomic E-state index is 13.2. The molecule has 2 heterocycles. The predicted octanol–water partition coefficient (Wildman–Crippen LogP) is 3.98. The zero-order chi connectivity index (χ0) is 31.2. The molecule has 6 rings (SSSR count). The topological polar surface area (TPSA) is 61.4 Å². The molecule has 6 aromatic rings. The van der Waals surface area contributed by atoms with E-state index in [-0.39, 0.29) is 23.3 Å². The Balaban J connectivity index is 0.000000175. The lowest BCUT2D eigenvalue weighted by atomic mass is 10.3. The third kappa shape index (κ3) is 7.09. The third-order valence-corrected chi connectivity index (χ3v) is 16.2. The first kappa shape index (κ1) is 30.8. The van der Waals surface area contributed by atoms with Crippen molar-refractivity contribution in [2.24, 2.45) is 0 Å². The van der Waals surface area contributed by atoms with E-state index >= 15 is 0 Å². The van der Waals surface area contributed by atoms with Crippen LogP contribution in [0.25, 0.3) is 0 Å². The highest BCUT2D eigenvalue weighted by Crippen LogP contribution is 2.11. The van der Waals surface area contributed by atoms with Crippen molar-refractivity contribution in [3.63, 3.8) is 0 Å². The smallest absolute Gasteiger partial charge is 0.137 e. The zero-order valence-electron chi connectivity index (χ0n) is 24.2. The predicted molar refractivity (Wildman–Crippen MR) is 167 cm³/mol. The number of hydrogen-bond acceptors (Lipinski definition) is 4. The highest BCUT2D eigenvalue weighted by molar-refractivity contribution is 7.01. The molecule has 0 saturated heterocycles. The molecule has 0 amide bonds. The second kappa shape index (κ2) is 13.3. The van der Waals surface area contributed by atoms with Gasteiger partial charge in [-0.2, -0.15) is 10.2 Å². The molecule has 0 bridgehead atoms. The Kier molecular flexibility index (Phi) is 9.30. The van der Waals surface area contributed by atoms with Gasteiger partial charge in [-0.1, -0.05) is 82.4 Å². The molecule has 4 aromatic carbocycles. The van der Waals surface area contributed by atoms with Crippen LogP contribution < -0.4 is 20.7 Å². The van der Waals surface area contributed by atoms with Crippen molar-refractivity contribution in [2.75, 3.05) is 0 Å². The van der Waals surface area contributed by atoms with Gasteiger partial charge in [0.05, 0.1) is 0 Å². The summed E-state index contributed by atoms with van der Waals surface area (Å²) in [6.07, 6.45) is 7.62. The summed E-state index contributed by atoms with van der Waals surface area (Å²) in [5, 5.41) is 12.6. The number of nitrogens with zero attached hydrogens (tertiary/aromatic N) is 6. The lowest BCUT2D eigenvalue weighted by Crippen LogP contribution is -2.59. The summed E-state index contributed by atoms with van der Waals surface area (Å²) < 4.78 is 56.5. The van der Waals surface area contributed by atoms with Crippen molar-refractivity contribution < 1.29 is 17.6 Å². The van der Waals surface area contributed by atoms with Crippen molar-refractivity contribution in [1.29, 1.82) is 0 Å². The van der Waals surface area contributed by atoms with Gasteiger partial charge in [0.2, 0.25) is 0 Å². The van der Waals surface area contributed by atoms with Gasteiger partial charge in [0.15, 0.2) is 0 Å². The highest BCUT2D eigenvalue weighted by Gasteiger charge is 2.34. The summed E-state index contributed by atoms with van der Waals surface area (Å²) in [7, 11) is -4.45. The quantitative estimate of drug-likeness (QED) is 0.189. The molecule has 0 saturated carbocycles. The SMILES string of the molecule is C[Si](Cn1cncn1)(c1ccc(F)cc1)c1ccc(F)cc1.C[Si](Cn1cncn1)(c1ccc(F)cc1)c1ccc(F)cc1. The van der Waals surface area contributed by atoms with Crippen LogP contribution >= 0.6 is 0 Å². The van der Waals surface area contributed by atoms with Gasteiger partial charge in [0.1, 0.15) is 64.7 Å². The minimum Gasteiger partial charge on any atom is -0.255 e. The van der Waals surface area contributed by atoms with E-state index in [0.29, 0.717) is 12.3 Å². The second-order valence-electron chi connectivity index (χ2n) is 10.9. The summed E-state index contributed by atoms with van der Waals surface area (Å²) in [6.45, 7) is 4.32. The van der Waals surface area contributed by atoms with Crippen molar-refractivity contribution in [2.45, 2.75) is 25.4 Å². The molecule has 0 fully saturated rings. The third-order valence-electron chi connectivity index (χ3n) is 7.82. The second-order valence-corrected chi connectivity index (χ2v) is 19.1. The fourth-order valence-electron chi connectivity index (χ4n) is 5.25. The molecule has 0 aliphatic rings. The summed E-state index contributed by atoms with van der Waals surface area (Å²) in [5.41, 5.74) is 0. The van der Waals surface area contributed by atoms with Gasteiger partial charge >= 0.3 is 0 Å². The Bertz CT molecular complexity index is 1520. The average Bonchev–Trinajstić information content (AvgIpc) is 3.73. The number of benzene rings is 4. The summed E-state index contributed by atoms with van der Waals surface area (Å²) in [4.78, 5) is 7.95. The molecule has 6 nitrogen and oxygen atoms in total. The molecule has 224 valence electrons. The molecule has 0 aliphatic heterocycles. The molecule has 12 heteroatoms. The first-order valence-corrected chi connectivity index (χ1v) is 19.3. The van der Waals surface area contributed by atoms with Crippen LogP contribution in [0.2, 0.25) is 13.1 Å². The van der Waals surface area contributed by atoms with Crippen LogP contribution in [-0.2, 0) is 12.3 Å². The van der Waals surface area contributed by atoms with E-state index in [1.54, 1.807) is 22.0 Å². The number of rotatable bonds is 8. The van der Waals surface area contributed by atoms with Crippen LogP contribution in [-0.4, -0.2) is 45.7 Å². The van der Waals surface area contributed by atoms with Gasteiger partial charge in [-0.05, 0) is 48.5 Å². The minimum atomic E-state index is -2.22. The molecule has 0 aliphatic carbocycles. The lowest BCUT2D eigenvalue weighted by Gasteiger charge is -2.28. The number of hydrogen-bond donors (Lipinski definition) is 0. The highest BCUT2D eigenvalue weighted by atomic mass is 28.3. The molecule has 0 unspecified atom stereocenters. The van der Waals surface area contributed by atoms with Crippen molar-refractivity contribution in [3.05, 3.63) is 146 Å². The first-order chi connectivity index (χ1) is 21.2. The fraction of sp³-hybridized carbons (Fsp3) is 0.125. The molecule has 2 aromatic heterocycles. The Hall–Kier alpha value is -4.69. The van der Waals surface area contributed by atoms with E-state index in [9.17, 15) is 17.6 Å². The van der Waals surface area contributed by atoms with E-state index in [2.05, 4.69) is 33.3 Å². The van der Waals surface area contributed by atoms with E-state index in [4.69, 9.17) is 0 Å². The summed E-state index contributed by atoms with van der Waals surface area (Å²) >= 11 is 0. The molecule has 0 N–H and O–H groups in total. The maximum Gasteiger partial charge on any atom is 0.137 e. The summed E-state index contributed by atoms with van der Waals surface area (Å²) in [6, 6.07) is 26.2. The van der Waals surface area contributed by atoms with Crippen molar-refractivity contribution in [3.8, 4) is 0 Å². The van der Waals surface area contributed by atoms with Crippen LogP contribution in [0.4, 0.5) is 17.6 Å². The van der Waals surface area contributed by atoms with Crippen LogP contribution in [0.3, 0.4) is 0 Å². The van der Waals surface area contributed by atoms with E-state index in [0.717, 1.165) is 20.7 Å². The molecule has 0 atom stereocenters. The largest absolute Gasteiger partial charge is 0.255 e. The van der Waals surface area contributed by atoms with E-state index in [1.165, 1.54) is 61.2 Å². The Morgan fingerprint density at radius 1 is 0.455 bits per heavy atom. The zero-order valence-corrected chi connectivity index (χ0v) is 26.2. The maximum atomic E-state index is 13.2. The molecule has 0 spiro atoms. The van der Waals surface area contributed by atoms with E-state index in [1.807, 2.05) is 48.5 Å². The monoisotopic (exact) mass is 630 g/mol. The Labute approximate surface area is 254 Å². The average molecular weight is 631 g/mol. The molecular weight excluding hydrogens is 601 g/mol. The lowest BCUT2D eigenvalue weighted by molar-refractivity contribution is 0.627. The van der Waals surface area contributed by atoms with Gasteiger partial charge in [0, 0.05) is 12.3 Å². The van der Waals surface area contributed by atoms with Gasteiger partial charge in [-0.15, -0.1) is 0 Å². The Morgan fingerprint density at radius 3 is 0.909 bits per heavy atom.